The summed E-state index contributed by atoms with van der Waals surface area (Å²) in [7, 11) is 0. The van der Waals surface area contributed by atoms with Gasteiger partial charge in [-0.1, -0.05) is 41.5 Å². The van der Waals surface area contributed by atoms with Gasteiger partial charge in [-0.15, -0.1) is 4.59 Å². The molecule has 65 heavy (non-hydrogen) atoms. The summed E-state index contributed by atoms with van der Waals surface area (Å²) in [6, 6.07) is 49.5. The molecule has 13 aromatic rings. The van der Waals surface area contributed by atoms with Crippen LogP contribution in [0, 0.1) is 7.14 Å². The van der Waals surface area contributed by atoms with Crippen molar-refractivity contribution < 1.29 is 8.83 Å². The highest BCUT2D eigenvalue weighted by Crippen LogP contribution is 2.38. The maximum absolute atomic E-state index is 6.23. The molecule has 0 fully saturated rings. The van der Waals surface area contributed by atoms with Gasteiger partial charge in [-0.2, -0.15) is 34.2 Å². The third-order valence-corrected chi connectivity index (χ3v) is 13.3. The van der Waals surface area contributed by atoms with Crippen LogP contribution in [0.1, 0.15) is 0 Å². The maximum atomic E-state index is 6.23. The Morgan fingerprint density at radius 3 is 1.52 bits per heavy atom. The fraction of sp³-hybridized carbons (Fsp3) is 0.0204. The zero-order valence-corrected chi connectivity index (χ0v) is 38.2. The number of rotatable bonds is 2. The topological polar surface area (TPSA) is 133 Å². The minimum absolute atomic E-state index is 0.468. The molecule has 0 radical (unpaired) electrons. The van der Waals surface area contributed by atoms with E-state index in [9.17, 15) is 0 Å². The van der Waals surface area contributed by atoms with Crippen LogP contribution in [0.25, 0.3) is 88.9 Å². The molecule has 2 aliphatic heterocycles. The molecule has 1 N–H and O–H groups in total. The van der Waals surface area contributed by atoms with Gasteiger partial charge in [0.1, 0.15) is 40.7 Å². The fourth-order valence-corrected chi connectivity index (χ4v) is 9.99. The molecule has 1 atom stereocenters. The monoisotopic (exact) mass is 1070 g/mol. The fourth-order valence-electron chi connectivity index (χ4n) is 9.01. The number of aromatic nitrogens is 8. The molecule has 0 bridgehead atoms. The smallest absolute Gasteiger partial charge is 0.238 e. The van der Waals surface area contributed by atoms with Gasteiger partial charge in [0.2, 0.25) is 17.9 Å². The molecule has 0 aliphatic carbocycles. The number of para-hydroxylation sites is 6. The van der Waals surface area contributed by atoms with Gasteiger partial charge in [-0.3, -0.25) is 9.13 Å². The molecule has 1 unspecified atom stereocenters. The van der Waals surface area contributed by atoms with E-state index in [0.29, 0.717) is 4.59 Å². The second kappa shape index (κ2) is 14.8. The van der Waals surface area contributed by atoms with Crippen LogP contribution in [0.3, 0.4) is 0 Å². The molecule has 0 saturated carbocycles. The quantitative estimate of drug-likeness (QED) is 0.135. The first-order valence-electron chi connectivity index (χ1n) is 20.6. The number of nitrogens with zero attached hydrogens (tertiary/aromatic N) is 11. The molecule has 14 nitrogen and oxygen atoms in total. The molecule has 0 amide bonds. The van der Waals surface area contributed by atoms with Crippen molar-refractivity contribution in [2.75, 3.05) is 12.0 Å². The average molecular weight is 1070 g/mol. The van der Waals surface area contributed by atoms with Crippen LogP contribution in [-0.2, 0) is 0 Å². The van der Waals surface area contributed by atoms with E-state index in [-0.39, 0.29) is 0 Å². The van der Waals surface area contributed by atoms with E-state index in [1.54, 1.807) is 19.0 Å². The Kier molecular flexibility index (Phi) is 8.68. The lowest BCUT2D eigenvalue weighted by Gasteiger charge is -2.15. The average Bonchev–Trinajstić information content (AvgIpc) is 4.22. The minimum atomic E-state index is 0.468. The number of hydrogen-bond donors (Lipinski definition) is 1. The maximum Gasteiger partial charge on any atom is 0.238 e. The van der Waals surface area contributed by atoms with E-state index in [1.165, 1.54) is 23.6 Å². The third-order valence-electron chi connectivity index (χ3n) is 11.9. The van der Waals surface area contributed by atoms with Crippen molar-refractivity contribution in [1.82, 2.24) is 42.9 Å². The van der Waals surface area contributed by atoms with Crippen LogP contribution in [0.15, 0.2) is 177 Å². The van der Waals surface area contributed by atoms with Crippen LogP contribution < -0.4 is 9.91 Å². The van der Waals surface area contributed by atoms with E-state index >= 15 is 0 Å². The van der Waals surface area contributed by atoms with Gasteiger partial charge in [-0.05, 0) is 148 Å². The van der Waals surface area contributed by atoms with E-state index in [4.69, 9.17) is 8.83 Å². The van der Waals surface area contributed by atoms with Gasteiger partial charge in [-0.25, -0.2) is 0 Å². The predicted molar refractivity (Wildman–Crippen MR) is 273 cm³/mol. The number of aliphatic imine (C=N–C) groups is 1. The van der Waals surface area contributed by atoms with Gasteiger partial charge in [0, 0.05) is 34.8 Å². The van der Waals surface area contributed by atoms with E-state index in [0.717, 1.165) is 90.5 Å². The summed E-state index contributed by atoms with van der Waals surface area (Å²) >= 11 is 4.65. The standard InChI is InChI=1S/C28H16N8O.C12H6I2O.C9H9N4/c1-3-7-23-21(5-1)33(27-29-15-31-35(23)27)17-9-11-25-19(13-17)20-14-18(10-12-26(20)37-25)34-22-6-2-4-8-24(22)36-28(34)30-16-32-36;13-7-1-3-11-9(5-7)10-6-8(14)2-4-12(10)15-11;1-2-4-9-8(3-1)11-7-13(9)6-10-5-12-13/h1-16H;1-6H;1-6,11H,7H2/q;;+1. The number of furan rings is 2. The van der Waals surface area contributed by atoms with E-state index < -0.39 is 0 Å². The molecule has 0 saturated heterocycles. The first-order valence-corrected chi connectivity index (χ1v) is 22.8. The van der Waals surface area contributed by atoms with Crippen LogP contribution in [0.2, 0.25) is 0 Å². The number of benzene rings is 7. The highest BCUT2D eigenvalue weighted by molar-refractivity contribution is 14.1. The molecule has 1 spiro atoms. The number of quaternary nitrogens is 1. The summed E-state index contributed by atoms with van der Waals surface area (Å²) in [6.45, 7) is 0.763. The number of imidazole rings is 2. The second-order valence-corrected chi connectivity index (χ2v) is 18.1. The highest BCUT2D eigenvalue weighted by atomic mass is 127. The van der Waals surface area contributed by atoms with E-state index in [2.05, 4.69) is 175 Å². The lowest BCUT2D eigenvalue weighted by Crippen LogP contribution is -2.39. The molecule has 15 rings (SSSR count). The first kappa shape index (κ1) is 38.1. The Morgan fingerprint density at radius 2 is 1.00 bits per heavy atom. The Bertz CT molecular complexity index is 3860. The molecule has 16 heteroatoms. The Morgan fingerprint density at radius 1 is 0.523 bits per heavy atom. The van der Waals surface area contributed by atoms with Crippen LogP contribution >= 0.6 is 45.2 Å². The summed E-state index contributed by atoms with van der Waals surface area (Å²) in [5.74, 6) is 1.53. The molecule has 6 aromatic heterocycles. The summed E-state index contributed by atoms with van der Waals surface area (Å²) in [6.07, 6.45) is 6.62. The van der Waals surface area contributed by atoms with Crippen molar-refractivity contribution in [2.24, 2.45) is 10.1 Å². The third kappa shape index (κ3) is 6.07. The van der Waals surface area contributed by atoms with Crippen molar-refractivity contribution in [3.8, 4) is 11.4 Å². The Hall–Kier alpha value is -7.42. The van der Waals surface area contributed by atoms with Gasteiger partial charge >= 0.3 is 0 Å². The summed E-state index contributed by atoms with van der Waals surface area (Å²) < 4.78 is 22.9. The lowest BCUT2D eigenvalue weighted by atomic mass is 10.1. The van der Waals surface area contributed by atoms with Gasteiger partial charge < -0.3 is 14.2 Å². The number of fused-ring (bicyclic) bond motifs is 14. The molecule has 8 heterocycles. The van der Waals surface area contributed by atoms with Crippen molar-refractivity contribution >= 4 is 147 Å². The Labute approximate surface area is 394 Å². The van der Waals surface area contributed by atoms with Crippen LogP contribution in [0.4, 0.5) is 11.4 Å². The minimum Gasteiger partial charge on any atom is -0.456 e. The zero-order valence-electron chi connectivity index (χ0n) is 33.9. The summed E-state index contributed by atoms with van der Waals surface area (Å²) in [5, 5.41) is 21.0. The van der Waals surface area contributed by atoms with Gasteiger partial charge in [0.05, 0.1) is 33.4 Å². The number of anilines is 1. The number of nitrogens with one attached hydrogen (secondary N) is 1. The molecular weight excluding hydrogens is 1040 g/mol. The van der Waals surface area contributed by atoms with Crippen molar-refractivity contribution in [3.05, 3.63) is 165 Å². The first-order chi connectivity index (χ1) is 32.0. The lowest BCUT2D eigenvalue weighted by molar-refractivity contribution is 0.510. The predicted octanol–water partition coefficient (Wildman–Crippen LogP) is 11.7. The van der Waals surface area contributed by atoms with Crippen molar-refractivity contribution in [2.45, 2.75) is 0 Å². The molecule has 312 valence electrons. The largest absolute Gasteiger partial charge is 0.456 e. The molecule has 2 aliphatic rings. The van der Waals surface area contributed by atoms with Gasteiger partial charge in [0.25, 0.3) is 0 Å². The van der Waals surface area contributed by atoms with Gasteiger partial charge in [0.15, 0.2) is 18.7 Å². The van der Waals surface area contributed by atoms with Crippen LogP contribution in [0.5, 0.6) is 0 Å². The zero-order chi connectivity index (χ0) is 43.2. The van der Waals surface area contributed by atoms with Crippen molar-refractivity contribution in [1.29, 1.82) is 0 Å². The van der Waals surface area contributed by atoms with Crippen molar-refractivity contribution in [3.63, 3.8) is 0 Å². The van der Waals surface area contributed by atoms with Crippen LogP contribution in [-0.4, -0.2) is 57.7 Å². The molecular formula is C49H31I2N12O2+. The van der Waals surface area contributed by atoms with E-state index in [1.807, 2.05) is 76.0 Å². The Balaban J connectivity index is 0.000000123. The summed E-state index contributed by atoms with van der Waals surface area (Å²) in [4.78, 5) is 13.1. The molecule has 7 aromatic carbocycles. The number of halogens is 2. The SMILES string of the molecule is C1=NC=N[N+]12CNc1ccccc12.Ic1ccc2oc3ccc(I)cc3c2c1.c1ccc2c(c1)n(-c1ccc3oc4ccc(-n5c6ccccc6n6ncnc56)cc4c3c1)c1ncnn21. The second-order valence-electron chi connectivity index (χ2n) is 15.6. The summed E-state index contributed by atoms with van der Waals surface area (Å²) in [5.41, 5.74) is 12.0. The normalized spacial score (nSPS) is 15.2. The highest BCUT2D eigenvalue weighted by Gasteiger charge is 2.39. The number of hydrogen-bond acceptors (Lipinski definition) is 9.